The van der Waals surface area contributed by atoms with Gasteiger partial charge >= 0.3 is 29.1 Å². The van der Waals surface area contributed by atoms with Crippen molar-refractivity contribution in [2.75, 3.05) is 11.9 Å². The number of anilines is 1. The Bertz CT molecular complexity index is 1540. The van der Waals surface area contributed by atoms with E-state index in [1.54, 1.807) is 0 Å². The van der Waals surface area contributed by atoms with E-state index in [9.17, 15) is 0 Å². The van der Waals surface area contributed by atoms with Gasteiger partial charge in [-0.2, -0.15) is 9.97 Å². The zero-order chi connectivity index (χ0) is 32.3. The van der Waals surface area contributed by atoms with Crippen LogP contribution in [0, 0.1) is 62.9 Å². The van der Waals surface area contributed by atoms with E-state index < -0.39 is 7.92 Å². The largest absolute Gasteiger partial charge is 2.00 e. The van der Waals surface area contributed by atoms with Crippen molar-refractivity contribution >= 4 is 24.5 Å². The molecule has 0 saturated heterocycles. The maximum atomic E-state index is 6.03. The average molecular weight is 691 g/mol. The van der Waals surface area contributed by atoms with Crippen LogP contribution in [0.2, 0.25) is 0 Å². The van der Waals surface area contributed by atoms with Crippen LogP contribution in [-0.4, -0.2) is 28.0 Å². The van der Waals surface area contributed by atoms with Crippen molar-refractivity contribution in [2.24, 2.45) is 0 Å². The minimum absolute atomic E-state index is 0. The van der Waals surface area contributed by atoms with Gasteiger partial charge in [0.15, 0.2) is 0 Å². The second-order valence-electron chi connectivity index (χ2n) is 10.7. The summed E-state index contributed by atoms with van der Waals surface area (Å²) in [5.41, 5.74) is 1.30. The van der Waals surface area contributed by atoms with E-state index in [0.29, 0.717) is 17.4 Å². The molecule has 4 aromatic carbocycles. The fourth-order valence-corrected chi connectivity index (χ4v) is 7.58. The van der Waals surface area contributed by atoms with Gasteiger partial charge in [0.2, 0.25) is 5.95 Å². The van der Waals surface area contributed by atoms with E-state index in [1.807, 2.05) is 105 Å². The molecule has 8 heteroatoms. The summed E-state index contributed by atoms with van der Waals surface area (Å²) in [7, 11) is 1.22. The number of para-hydroxylation sites is 2. The number of aromatic nitrogens is 3. The molecule has 1 aromatic heterocycles. The molecule has 1 atom stereocenters. The fraction of sp³-hybridized carbons (Fsp3) is 0.0750. The summed E-state index contributed by atoms with van der Waals surface area (Å²) in [6, 6.07) is 40.6. The van der Waals surface area contributed by atoms with E-state index in [1.165, 1.54) is 22.2 Å². The maximum Gasteiger partial charge on any atom is 2.00 e. The molecule has 2 fully saturated rings. The minimum Gasteiger partial charge on any atom is -0.424 e. The van der Waals surface area contributed by atoms with Gasteiger partial charge in [-0.3, -0.25) is 0 Å². The van der Waals surface area contributed by atoms with Crippen LogP contribution >= 0.6 is 7.92 Å². The molecule has 0 aliphatic heterocycles. The first-order chi connectivity index (χ1) is 23.2. The van der Waals surface area contributed by atoms with Crippen molar-refractivity contribution in [3.8, 4) is 23.5 Å². The van der Waals surface area contributed by atoms with Gasteiger partial charge in [-0.05, 0) is 101 Å². The molecule has 0 N–H and O–H groups in total. The van der Waals surface area contributed by atoms with Crippen molar-refractivity contribution in [2.45, 2.75) is 13.0 Å². The second-order valence-corrected chi connectivity index (χ2v) is 12.8. The predicted octanol–water partition coefficient (Wildman–Crippen LogP) is 8.17. The third kappa shape index (κ3) is 9.44. The van der Waals surface area contributed by atoms with Crippen LogP contribution < -0.4 is 25.0 Å². The molecular formula is C40H35FeN4O2P+2. The summed E-state index contributed by atoms with van der Waals surface area (Å²) in [6.07, 6.45) is 16.6. The van der Waals surface area contributed by atoms with Gasteiger partial charge in [-0.1, -0.05) is 97.1 Å². The van der Waals surface area contributed by atoms with Crippen LogP contribution in [0.5, 0.6) is 23.5 Å². The van der Waals surface area contributed by atoms with Crippen LogP contribution in [-0.2, 0) is 17.1 Å². The standard InChI is InChI=1S/C35H30N4O2P.C5H5.Fe/c1-26(31-24-15-25-32(31)42(29-20-11-5-12-21-29)30-22-13-6-14-23-30)39(2)33-36-34(40-27-16-7-3-8-17-27)38-35(37-33)41-28-18-9-4-10-19-28;1-2-4-5-3-1;/h3-26H,1-2H3;1-5H;/q;;+2/t26-;;/m1../s1. The van der Waals surface area contributed by atoms with Crippen LogP contribution in [0.1, 0.15) is 6.92 Å². The Morgan fingerprint density at radius 2 is 0.958 bits per heavy atom. The van der Waals surface area contributed by atoms with E-state index >= 15 is 0 Å². The molecule has 7 rings (SSSR count). The molecule has 2 aliphatic carbocycles. The summed E-state index contributed by atoms with van der Waals surface area (Å²) in [4.78, 5) is 15.9. The predicted molar refractivity (Wildman–Crippen MR) is 191 cm³/mol. The first kappa shape index (κ1) is 35.5. The first-order valence-electron chi connectivity index (χ1n) is 15.4. The minimum atomic E-state index is -0.764. The SMILES string of the molecule is C[C@H]([C]1[CH][CH][CH][C]1P(c1ccccc1)c1ccccc1)N(C)c1nc(Oc2ccccc2)nc(Oc2ccccc2)n1.[CH]1[CH][CH][CH][CH]1.[Fe+2]. The van der Waals surface area contributed by atoms with Crippen LogP contribution in [0.3, 0.4) is 0 Å². The molecule has 0 bridgehead atoms. The summed E-state index contributed by atoms with van der Waals surface area (Å²) in [5.74, 6) is 2.93. The number of hydrogen-bond donors (Lipinski definition) is 0. The number of hydrogen-bond acceptors (Lipinski definition) is 6. The van der Waals surface area contributed by atoms with E-state index in [0.717, 1.165) is 0 Å². The first-order valence-corrected chi connectivity index (χ1v) is 16.8. The van der Waals surface area contributed by atoms with Crippen molar-refractivity contribution in [1.82, 2.24) is 15.0 Å². The van der Waals surface area contributed by atoms with Crippen LogP contribution in [0.15, 0.2) is 121 Å². The molecule has 2 aliphatic rings. The molecule has 5 aromatic rings. The third-order valence-corrected chi connectivity index (χ3v) is 10.0. The molecule has 238 valence electrons. The summed E-state index contributed by atoms with van der Waals surface area (Å²) in [5, 5.41) is 2.61. The van der Waals surface area contributed by atoms with Gasteiger partial charge in [0.1, 0.15) is 11.5 Å². The molecule has 6 nitrogen and oxygen atoms in total. The molecule has 1 heterocycles. The maximum absolute atomic E-state index is 6.03. The molecule has 0 spiro atoms. The van der Waals surface area contributed by atoms with Gasteiger partial charge < -0.3 is 14.4 Å². The number of benzene rings is 4. The quantitative estimate of drug-likeness (QED) is 0.109. The van der Waals surface area contributed by atoms with E-state index in [4.69, 9.17) is 19.4 Å². The number of ether oxygens (including phenoxy) is 2. The van der Waals surface area contributed by atoms with Crippen LogP contribution in [0.4, 0.5) is 5.95 Å². The molecule has 2 saturated carbocycles. The van der Waals surface area contributed by atoms with Crippen molar-refractivity contribution in [3.63, 3.8) is 0 Å². The van der Waals surface area contributed by atoms with Gasteiger partial charge in [0.25, 0.3) is 0 Å². The fourth-order valence-electron chi connectivity index (χ4n) is 5.03. The van der Waals surface area contributed by atoms with Gasteiger partial charge in [-0.15, -0.1) is 4.98 Å². The Morgan fingerprint density at radius 1 is 0.542 bits per heavy atom. The Balaban J connectivity index is 0.000000689. The Labute approximate surface area is 297 Å². The van der Waals surface area contributed by atoms with Crippen molar-refractivity contribution in [1.29, 1.82) is 0 Å². The smallest absolute Gasteiger partial charge is 0.424 e. The Hall–Kier alpha value is -3.76. The molecular weight excluding hydrogens is 655 g/mol. The second kappa shape index (κ2) is 18.1. The zero-order valence-electron chi connectivity index (χ0n) is 26.6. The zero-order valence-corrected chi connectivity index (χ0v) is 28.6. The molecule has 0 unspecified atom stereocenters. The Kier molecular flexibility index (Phi) is 13.4. The van der Waals surface area contributed by atoms with Crippen LogP contribution in [0.25, 0.3) is 0 Å². The summed E-state index contributed by atoms with van der Waals surface area (Å²) >= 11 is 0. The van der Waals surface area contributed by atoms with Gasteiger partial charge in [-0.25, -0.2) is 0 Å². The van der Waals surface area contributed by atoms with Gasteiger partial charge in [0.05, 0.1) is 0 Å². The van der Waals surface area contributed by atoms with E-state index in [2.05, 4.69) is 91.8 Å². The number of nitrogens with zero attached hydrogens (tertiary/aromatic N) is 4. The topological polar surface area (TPSA) is 60.4 Å². The normalized spacial score (nSPS) is 15.2. The Morgan fingerprint density at radius 3 is 1.40 bits per heavy atom. The molecule has 48 heavy (non-hydrogen) atoms. The average Bonchev–Trinajstić information content (AvgIpc) is 3.86. The van der Waals surface area contributed by atoms with Crippen molar-refractivity contribution < 1.29 is 26.5 Å². The third-order valence-electron chi connectivity index (χ3n) is 7.48. The summed E-state index contributed by atoms with van der Waals surface area (Å²) < 4.78 is 12.1. The number of rotatable bonds is 10. The van der Waals surface area contributed by atoms with Crippen molar-refractivity contribution in [3.05, 3.63) is 184 Å². The molecule has 0 amide bonds. The monoisotopic (exact) mass is 690 g/mol. The van der Waals surface area contributed by atoms with Gasteiger partial charge in [0, 0.05) is 24.7 Å². The van der Waals surface area contributed by atoms with E-state index in [-0.39, 0.29) is 35.1 Å². The molecule has 10 radical (unpaired) electrons. The summed E-state index contributed by atoms with van der Waals surface area (Å²) in [6.45, 7) is 2.17.